The third-order valence-corrected chi connectivity index (χ3v) is 7.43. The molecule has 1 aliphatic carbocycles. The normalized spacial score (nSPS) is 15.0. The molecule has 0 spiro atoms. The fourth-order valence-corrected chi connectivity index (χ4v) is 4.87. The first-order valence-corrected chi connectivity index (χ1v) is 15.6. The summed E-state index contributed by atoms with van der Waals surface area (Å²) in [5, 5.41) is 12.4. The predicted molar refractivity (Wildman–Crippen MR) is 188 cm³/mol. The lowest BCUT2D eigenvalue weighted by molar-refractivity contribution is 0.185. The Balaban J connectivity index is 0.000000497. The number of halogens is 2. The summed E-state index contributed by atoms with van der Waals surface area (Å²) in [7, 11) is 1.82. The zero-order valence-electron chi connectivity index (χ0n) is 27.9. The van der Waals surface area contributed by atoms with Gasteiger partial charge >= 0.3 is 0 Å². The number of hydrogen-bond acceptors (Lipinski definition) is 5. The second-order valence-electron chi connectivity index (χ2n) is 11.0. The lowest BCUT2D eigenvalue weighted by Crippen LogP contribution is -2.35. The van der Waals surface area contributed by atoms with Gasteiger partial charge in [-0.05, 0) is 95.0 Å². The van der Waals surface area contributed by atoms with Crippen molar-refractivity contribution in [3.63, 3.8) is 0 Å². The van der Waals surface area contributed by atoms with Crippen LogP contribution in [0.2, 0.25) is 0 Å². The minimum atomic E-state index is -0.240. The molecule has 9 heteroatoms. The molecule has 0 radical (unpaired) electrons. The van der Waals surface area contributed by atoms with Crippen molar-refractivity contribution >= 4 is 5.71 Å². The van der Waals surface area contributed by atoms with Gasteiger partial charge in [0, 0.05) is 31.3 Å². The number of likely N-dealkylation sites (tertiary alicyclic amines) is 1. The summed E-state index contributed by atoms with van der Waals surface area (Å²) in [5.74, 6) is 2.09. The predicted octanol–water partition coefficient (Wildman–Crippen LogP) is 7.19. The first-order chi connectivity index (χ1) is 21.4. The van der Waals surface area contributed by atoms with Crippen LogP contribution in [0.5, 0.6) is 0 Å². The van der Waals surface area contributed by atoms with E-state index in [0.29, 0.717) is 5.82 Å². The van der Waals surface area contributed by atoms with Crippen molar-refractivity contribution in [2.75, 3.05) is 33.3 Å². The molecule has 1 fully saturated rings. The van der Waals surface area contributed by atoms with Crippen LogP contribution in [0.1, 0.15) is 45.6 Å². The number of nitrogens with zero attached hydrogens (tertiary/aromatic N) is 5. The number of allylic oxidation sites excluding steroid dienone is 8. The largest absolute Gasteiger partial charge is 0.412 e. The third-order valence-electron chi connectivity index (χ3n) is 7.43. The lowest BCUT2D eigenvalue weighted by Gasteiger charge is -2.30. The SMILES string of the molecule is C/C=C\C(=NC)C1=CC=CCC=C1.CCO.Cc1ccc(-c2nc(-c3ccc(F)cc3)n(CCN3CCC(C)CC3)n2)cc1.F.O. The third kappa shape index (κ3) is 12.7. The smallest absolute Gasteiger partial charge is 0.181 e. The lowest BCUT2D eigenvalue weighted by atomic mass is 9.99. The summed E-state index contributed by atoms with van der Waals surface area (Å²) in [4.78, 5) is 11.5. The molecule has 3 N–H and O–H groups in total. The number of aromatic nitrogens is 3. The molecule has 1 aromatic heterocycles. The molecule has 5 rings (SSSR count). The summed E-state index contributed by atoms with van der Waals surface area (Å²) in [6.07, 6.45) is 18.1. The molecule has 0 atom stereocenters. The van der Waals surface area contributed by atoms with Crippen LogP contribution in [-0.4, -0.2) is 69.2 Å². The second-order valence-corrected chi connectivity index (χ2v) is 11.0. The quantitative estimate of drug-likeness (QED) is 0.278. The van der Waals surface area contributed by atoms with Crippen molar-refractivity contribution in [2.45, 2.75) is 53.5 Å². The molecular weight excluding hydrogens is 584 g/mol. The van der Waals surface area contributed by atoms with Gasteiger partial charge in [0.15, 0.2) is 11.6 Å². The number of hydrogen-bond donors (Lipinski definition) is 1. The number of benzene rings is 2. The number of aliphatic hydroxyl groups excluding tert-OH is 1. The van der Waals surface area contributed by atoms with Crippen LogP contribution in [0.3, 0.4) is 0 Å². The highest BCUT2D eigenvalue weighted by atomic mass is 19.1. The molecule has 7 nitrogen and oxygen atoms in total. The van der Waals surface area contributed by atoms with Crippen LogP contribution >= 0.6 is 0 Å². The fraction of sp³-hybridized carbons (Fsp3) is 0.378. The van der Waals surface area contributed by atoms with Crippen LogP contribution < -0.4 is 0 Å². The number of aliphatic imine (C=N–C) groups is 1. The Bertz CT molecular complexity index is 1430. The number of aliphatic hydroxyl groups is 1. The van der Waals surface area contributed by atoms with Crippen molar-refractivity contribution in [2.24, 2.45) is 10.9 Å². The van der Waals surface area contributed by atoms with Crippen LogP contribution in [-0.2, 0) is 6.54 Å². The van der Waals surface area contributed by atoms with Gasteiger partial charge in [-0.25, -0.2) is 14.1 Å². The zero-order valence-corrected chi connectivity index (χ0v) is 27.9. The van der Waals surface area contributed by atoms with Gasteiger partial charge in [-0.3, -0.25) is 9.70 Å². The highest BCUT2D eigenvalue weighted by Gasteiger charge is 2.18. The molecule has 1 aliphatic heterocycles. The molecule has 0 bridgehead atoms. The Morgan fingerprint density at radius 1 is 1.02 bits per heavy atom. The number of rotatable bonds is 7. The zero-order chi connectivity index (χ0) is 31.7. The number of piperidine rings is 1. The van der Waals surface area contributed by atoms with Crippen molar-refractivity contribution in [3.8, 4) is 22.8 Å². The van der Waals surface area contributed by atoms with Gasteiger partial charge in [0.2, 0.25) is 0 Å². The molecule has 0 saturated carbocycles. The average Bonchev–Trinajstić information content (AvgIpc) is 3.27. The van der Waals surface area contributed by atoms with E-state index in [2.05, 4.69) is 78.4 Å². The van der Waals surface area contributed by atoms with E-state index in [-0.39, 0.29) is 22.6 Å². The van der Waals surface area contributed by atoms with Gasteiger partial charge in [0.1, 0.15) is 5.82 Å². The van der Waals surface area contributed by atoms with Crippen molar-refractivity contribution in [1.29, 1.82) is 0 Å². The van der Waals surface area contributed by atoms with Crippen molar-refractivity contribution in [3.05, 3.63) is 108 Å². The van der Waals surface area contributed by atoms with E-state index in [1.54, 1.807) is 19.1 Å². The van der Waals surface area contributed by atoms with E-state index in [1.165, 1.54) is 36.1 Å². The highest BCUT2D eigenvalue weighted by molar-refractivity contribution is 6.10. The Morgan fingerprint density at radius 3 is 2.26 bits per heavy atom. The van der Waals surface area contributed by atoms with E-state index in [1.807, 2.05) is 30.8 Å². The van der Waals surface area contributed by atoms with E-state index in [0.717, 1.165) is 61.2 Å². The Kier molecular flexibility index (Phi) is 18.8. The molecule has 0 amide bonds. The van der Waals surface area contributed by atoms with E-state index < -0.39 is 0 Å². The summed E-state index contributed by atoms with van der Waals surface area (Å²) < 4.78 is 15.4. The Hall–Kier alpha value is -4.05. The van der Waals surface area contributed by atoms with Crippen LogP contribution in [0.25, 0.3) is 22.8 Å². The van der Waals surface area contributed by atoms with E-state index >= 15 is 0 Å². The molecule has 46 heavy (non-hydrogen) atoms. The minimum Gasteiger partial charge on any atom is -0.412 e. The molecule has 250 valence electrons. The summed E-state index contributed by atoms with van der Waals surface area (Å²) in [6.45, 7) is 12.4. The molecule has 2 heterocycles. The van der Waals surface area contributed by atoms with Crippen LogP contribution in [0.4, 0.5) is 9.09 Å². The molecule has 0 unspecified atom stereocenters. The van der Waals surface area contributed by atoms with Gasteiger partial charge < -0.3 is 15.5 Å². The molecule has 1 saturated heterocycles. The first kappa shape index (κ1) is 40.0. The van der Waals surface area contributed by atoms with Crippen molar-refractivity contribution in [1.82, 2.24) is 19.7 Å². The maximum atomic E-state index is 13.4. The van der Waals surface area contributed by atoms with Gasteiger partial charge in [-0.2, -0.15) is 5.10 Å². The van der Waals surface area contributed by atoms with Gasteiger partial charge in [0.25, 0.3) is 0 Å². The summed E-state index contributed by atoms with van der Waals surface area (Å²) in [5.41, 5.74) is 5.31. The van der Waals surface area contributed by atoms with E-state index in [9.17, 15) is 4.39 Å². The second kappa shape index (κ2) is 21.6. The molecular formula is C37H51F2N5O2. The Labute approximate surface area is 273 Å². The van der Waals surface area contributed by atoms with Crippen LogP contribution in [0.15, 0.2) is 102 Å². The fourth-order valence-electron chi connectivity index (χ4n) is 4.87. The standard InChI is InChI=1S/C23H27FN4.C12H15N.C2H6O.FH.H2O/c1-17-3-5-19(6-4-17)22-25-23(20-7-9-21(24)10-8-20)28(26-22)16-15-27-13-11-18(2)12-14-27;1-3-8-12(13-2)11-9-6-4-5-7-10-11;1-2-3;;/h3-10,18H,11-16H2,1-2H3;3-4,6-10H,5H2,1-2H3;3H,2H2,1H3;1H;1H2/b;8-3-,13-12?;;;. The first-order valence-electron chi connectivity index (χ1n) is 15.6. The van der Waals surface area contributed by atoms with Crippen LogP contribution in [0, 0.1) is 18.7 Å². The molecule has 2 aromatic carbocycles. The van der Waals surface area contributed by atoms with Crippen molar-refractivity contribution < 1.29 is 19.7 Å². The minimum absolute atomic E-state index is 0. The van der Waals surface area contributed by atoms with Gasteiger partial charge in [-0.15, -0.1) is 0 Å². The average molecular weight is 636 g/mol. The maximum Gasteiger partial charge on any atom is 0.181 e. The summed E-state index contributed by atoms with van der Waals surface area (Å²) >= 11 is 0. The summed E-state index contributed by atoms with van der Waals surface area (Å²) in [6, 6.07) is 14.8. The Morgan fingerprint density at radius 2 is 1.65 bits per heavy atom. The molecule has 3 aromatic rings. The maximum absolute atomic E-state index is 13.4. The number of aryl methyl sites for hydroxylation is 1. The van der Waals surface area contributed by atoms with E-state index in [4.69, 9.17) is 15.2 Å². The van der Waals surface area contributed by atoms with Gasteiger partial charge in [-0.1, -0.05) is 73.2 Å². The monoisotopic (exact) mass is 635 g/mol. The topological polar surface area (TPSA) is 98.0 Å². The highest BCUT2D eigenvalue weighted by Crippen LogP contribution is 2.24. The molecule has 2 aliphatic rings. The van der Waals surface area contributed by atoms with Gasteiger partial charge in [0.05, 0.1) is 12.3 Å².